The molecule has 2 N–H and O–H groups in total. The van der Waals surface area contributed by atoms with Crippen LogP contribution in [0.2, 0.25) is 0 Å². The number of anilines is 1. The molecule has 0 aliphatic carbocycles. The Bertz CT molecular complexity index is 644. The average molecular weight is 279 g/mol. The Morgan fingerprint density at radius 3 is 3.00 bits per heavy atom. The van der Waals surface area contributed by atoms with Crippen molar-refractivity contribution in [3.8, 4) is 11.6 Å². The van der Waals surface area contributed by atoms with Gasteiger partial charge < -0.3 is 10.2 Å². The fraction of sp³-hybridized carbons (Fsp3) is 0. The van der Waals surface area contributed by atoms with Crippen LogP contribution in [0.1, 0.15) is 0 Å². The Morgan fingerprint density at radius 2 is 2.25 bits per heavy atom. The highest BCUT2D eigenvalue weighted by molar-refractivity contribution is 9.10. The van der Waals surface area contributed by atoms with Gasteiger partial charge in [0.05, 0.1) is 12.0 Å². The first-order chi connectivity index (χ1) is 7.75. The van der Waals surface area contributed by atoms with Crippen molar-refractivity contribution in [2.75, 3.05) is 5.73 Å². The third-order valence-corrected chi connectivity index (χ3v) is 2.68. The number of nitrogens with zero attached hydrogens (tertiary/aromatic N) is 3. The SMILES string of the molecule is Nc1cc(Br)cn2c(-c3ccco3)nnc12. The molecular formula is C10H7BrN4O. The van der Waals surface area contributed by atoms with Crippen LogP contribution in [-0.2, 0) is 0 Å². The number of pyridine rings is 1. The van der Waals surface area contributed by atoms with E-state index in [9.17, 15) is 0 Å². The van der Waals surface area contributed by atoms with E-state index in [1.165, 1.54) is 0 Å². The molecular weight excluding hydrogens is 272 g/mol. The predicted octanol–water partition coefficient (Wildman–Crippen LogP) is 2.33. The molecule has 0 unspecified atom stereocenters. The molecule has 3 aromatic heterocycles. The van der Waals surface area contributed by atoms with Crippen LogP contribution in [0.3, 0.4) is 0 Å². The Morgan fingerprint density at radius 1 is 1.38 bits per heavy atom. The number of nitrogen functional groups attached to an aromatic ring is 1. The fourth-order valence-electron chi connectivity index (χ4n) is 1.56. The normalized spacial score (nSPS) is 11.1. The van der Waals surface area contributed by atoms with Gasteiger partial charge in [-0.25, -0.2) is 0 Å². The number of hydrogen-bond acceptors (Lipinski definition) is 4. The smallest absolute Gasteiger partial charge is 0.204 e. The number of aromatic nitrogens is 3. The van der Waals surface area contributed by atoms with Gasteiger partial charge in [0.15, 0.2) is 11.4 Å². The van der Waals surface area contributed by atoms with Crippen LogP contribution in [-0.4, -0.2) is 14.6 Å². The fourth-order valence-corrected chi connectivity index (χ4v) is 2.01. The van der Waals surface area contributed by atoms with Crippen molar-refractivity contribution in [3.05, 3.63) is 35.1 Å². The van der Waals surface area contributed by atoms with Gasteiger partial charge in [0.1, 0.15) is 0 Å². The molecule has 0 atom stereocenters. The minimum Gasteiger partial charge on any atom is -0.461 e. The van der Waals surface area contributed by atoms with Gasteiger partial charge in [-0.05, 0) is 34.1 Å². The average Bonchev–Trinajstić information content (AvgIpc) is 2.83. The summed E-state index contributed by atoms with van der Waals surface area (Å²) in [7, 11) is 0. The van der Waals surface area contributed by atoms with Crippen LogP contribution in [0.25, 0.3) is 17.2 Å². The van der Waals surface area contributed by atoms with Gasteiger partial charge >= 0.3 is 0 Å². The summed E-state index contributed by atoms with van der Waals surface area (Å²) >= 11 is 3.38. The lowest BCUT2D eigenvalue weighted by Crippen LogP contribution is -1.94. The van der Waals surface area contributed by atoms with Gasteiger partial charge in [-0.1, -0.05) is 0 Å². The molecule has 0 spiro atoms. The van der Waals surface area contributed by atoms with Crippen LogP contribution in [0.15, 0.2) is 39.5 Å². The van der Waals surface area contributed by atoms with Crippen molar-refractivity contribution >= 4 is 27.3 Å². The highest BCUT2D eigenvalue weighted by Gasteiger charge is 2.12. The van der Waals surface area contributed by atoms with E-state index in [4.69, 9.17) is 10.2 Å². The lowest BCUT2D eigenvalue weighted by Gasteiger charge is -2.00. The predicted molar refractivity (Wildman–Crippen MR) is 62.8 cm³/mol. The number of hydrogen-bond donors (Lipinski definition) is 1. The topological polar surface area (TPSA) is 69.3 Å². The third kappa shape index (κ3) is 1.30. The molecule has 80 valence electrons. The van der Waals surface area contributed by atoms with Gasteiger partial charge in [-0.3, -0.25) is 4.40 Å². The quantitative estimate of drug-likeness (QED) is 0.742. The molecule has 5 nitrogen and oxygen atoms in total. The monoisotopic (exact) mass is 278 g/mol. The van der Waals surface area contributed by atoms with Crippen LogP contribution >= 0.6 is 15.9 Å². The minimum absolute atomic E-state index is 0.569. The molecule has 0 fully saturated rings. The van der Waals surface area contributed by atoms with E-state index in [0.29, 0.717) is 22.9 Å². The van der Waals surface area contributed by atoms with Gasteiger partial charge in [0.25, 0.3) is 0 Å². The summed E-state index contributed by atoms with van der Waals surface area (Å²) in [6, 6.07) is 5.42. The summed E-state index contributed by atoms with van der Waals surface area (Å²) in [5.41, 5.74) is 7.03. The molecule has 3 aromatic rings. The Kier molecular flexibility index (Phi) is 1.97. The summed E-state index contributed by atoms with van der Waals surface area (Å²) in [5, 5.41) is 8.08. The van der Waals surface area contributed by atoms with E-state index in [0.717, 1.165) is 4.47 Å². The van der Waals surface area contributed by atoms with E-state index in [-0.39, 0.29) is 0 Å². The highest BCUT2D eigenvalue weighted by atomic mass is 79.9. The first-order valence-electron chi connectivity index (χ1n) is 4.59. The second-order valence-corrected chi connectivity index (χ2v) is 4.22. The van der Waals surface area contributed by atoms with Gasteiger partial charge in [0.2, 0.25) is 5.82 Å². The zero-order chi connectivity index (χ0) is 11.1. The molecule has 16 heavy (non-hydrogen) atoms. The molecule has 0 saturated heterocycles. The zero-order valence-electron chi connectivity index (χ0n) is 8.09. The molecule has 0 aliphatic heterocycles. The van der Waals surface area contributed by atoms with Crippen LogP contribution < -0.4 is 5.73 Å². The van der Waals surface area contributed by atoms with Gasteiger partial charge in [-0.2, -0.15) is 0 Å². The molecule has 3 heterocycles. The number of fused-ring (bicyclic) bond motifs is 1. The van der Waals surface area contributed by atoms with Crippen LogP contribution in [0.5, 0.6) is 0 Å². The molecule has 0 radical (unpaired) electrons. The molecule has 0 saturated carbocycles. The van der Waals surface area contributed by atoms with E-state index in [2.05, 4.69) is 26.1 Å². The summed E-state index contributed by atoms with van der Waals surface area (Å²) < 4.78 is 7.94. The second kappa shape index (κ2) is 3.34. The molecule has 0 aliphatic rings. The van der Waals surface area contributed by atoms with Gasteiger partial charge in [-0.15, -0.1) is 10.2 Å². The Labute approximate surface area is 99.0 Å². The van der Waals surface area contributed by atoms with E-state index in [1.54, 1.807) is 22.8 Å². The van der Waals surface area contributed by atoms with E-state index in [1.807, 2.05) is 12.3 Å². The van der Waals surface area contributed by atoms with Crippen molar-refractivity contribution in [2.45, 2.75) is 0 Å². The summed E-state index contributed by atoms with van der Waals surface area (Å²) in [4.78, 5) is 0. The van der Waals surface area contributed by atoms with Crippen molar-refractivity contribution in [1.29, 1.82) is 0 Å². The second-order valence-electron chi connectivity index (χ2n) is 3.31. The maximum Gasteiger partial charge on any atom is 0.204 e. The maximum atomic E-state index is 5.84. The number of furan rings is 1. The molecule has 3 rings (SSSR count). The van der Waals surface area contributed by atoms with Crippen molar-refractivity contribution in [3.63, 3.8) is 0 Å². The first-order valence-corrected chi connectivity index (χ1v) is 5.38. The molecule has 0 bridgehead atoms. The lowest BCUT2D eigenvalue weighted by atomic mass is 10.4. The zero-order valence-corrected chi connectivity index (χ0v) is 9.68. The summed E-state index contributed by atoms with van der Waals surface area (Å²) in [6.45, 7) is 0. The van der Waals surface area contributed by atoms with Crippen LogP contribution in [0.4, 0.5) is 5.69 Å². The third-order valence-electron chi connectivity index (χ3n) is 2.24. The number of rotatable bonds is 1. The van der Waals surface area contributed by atoms with Crippen molar-refractivity contribution in [1.82, 2.24) is 14.6 Å². The Balaban J connectivity index is 2.35. The summed E-state index contributed by atoms with van der Waals surface area (Å²) in [5.74, 6) is 1.29. The highest BCUT2D eigenvalue weighted by Crippen LogP contribution is 2.24. The number of halogens is 1. The molecule has 6 heteroatoms. The van der Waals surface area contributed by atoms with Gasteiger partial charge in [0, 0.05) is 10.7 Å². The van der Waals surface area contributed by atoms with E-state index >= 15 is 0 Å². The molecule has 0 amide bonds. The van der Waals surface area contributed by atoms with Crippen LogP contribution in [0, 0.1) is 0 Å². The Hall–Kier alpha value is -1.82. The maximum absolute atomic E-state index is 5.84. The lowest BCUT2D eigenvalue weighted by molar-refractivity contribution is 0.576. The van der Waals surface area contributed by atoms with Crippen molar-refractivity contribution < 1.29 is 4.42 Å². The summed E-state index contributed by atoms with van der Waals surface area (Å²) in [6.07, 6.45) is 3.45. The minimum atomic E-state index is 0.569. The first kappa shape index (κ1) is 9.41. The molecule has 0 aromatic carbocycles. The number of nitrogens with two attached hydrogens (primary N) is 1. The standard InChI is InChI=1S/C10H7BrN4O/c11-6-4-7(12)9-13-14-10(15(9)5-6)8-2-1-3-16-8/h1-5H,12H2. The largest absolute Gasteiger partial charge is 0.461 e. The van der Waals surface area contributed by atoms with Crippen molar-refractivity contribution in [2.24, 2.45) is 0 Å². The van der Waals surface area contributed by atoms with E-state index < -0.39 is 0 Å².